The number of carbonyl (C=O) groups excluding carboxylic acids is 2. The minimum Gasteiger partial charge on any atom is -0.495 e. The van der Waals surface area contributed by atoms with E-state index in [0.29, 0.717) is 43.3 Å². The summed E-state index contributed by atoms with van der Waals surface area (Å²) in [7, 11) is 1.54. The van der Waals surface area contributed by atoms with E-state index < -0.39 is 0 Å². The lowest BCUT2D eigenvalue weighted by Crippen LogP contribution is -2.40. The molecular weight excluding hydrogens is 348 g/mol. The van der Waals surface area contributed by atoms with Gasteiger partial charge in [0.2, 0.25) is 5.91 Å². The summed E-state index contributed by atoms with van der Waals surface area (Å²) in [6.45, 7) is 2.22. The zero-order chi connectivity index (χ0) is 18.8. The van der Waals surface area contributed by atoms with Gasteiger partial charge in [0.15, 0.2) is 0 Å². The third kappa shape index (κ3) is 3.68. The molecule has 0 spiro atoms. The fourth-order valence-corrected chi connectivity index (χ4v) is 3.41. The van der Waals surface area contributed by atoms with Crippen molar-refractivity contribution in [2.24, 2.45) is 5.92 Å². The second-order valence-electron chi connectivity index (χ2n) is 6.77. The van der Waals surface area contributed by atoms with E-state index >= 15 is 0 Å². The first kappa shape index (κ1) is 17.6. The molecule has 7 heteroatoms. The minimum absolute atomic E-state index is 0.0728. The van der Waals surface area contributed by atoms with Gasteiger partial charge in [-0.3, -0.25) is 9.59 Å². The molecule has 1 aromatic heterocycles. The van der Waals surface area contributed by atoms with Crippen molar-refractivity contribution in [2.75, 3.05) is 38.7 Å². The molecule has 0 radical (unpaired) electrons. The zero-order valence-electron chi connectivity index (χ0n) is 15.1. The Morgan fingerprint density at radius 2 is 2.04 bits per heavy atom. The molecule has 1 saturated carbocycles. The monoisotopic (exact) mass is 370 g/mol. The number of methoxy groups -OCH3 is 1. The smallest absolute Gasteiger partial charge is 0.254 e. The van der Waals surface area contributed by atoms with E-state index in [4.69, 9.17) is 13.9 Å². The first-order chi connectivity index (χ1) is 13.2. The van der Waals surface area contributed by atoms with Gasteiger partial charge in [-0.15, -0.1) is 0 Å². The Morgan fingerprint density at radius 1 is 1.22 bits per heavy atom. The van der Waals surface area contributed by atoms with Gasteiger partial charge in [-0.2, -0.15) is 0 Å². The lowest BCUT2D eigenvalue weighted by Gasteiger charge is -2.27. The van der Waals surface area contributed by atoms with Crippen LogP contribution in [-0.4, -0.2) is 50.1 Å². The number of ether oxygens (including phenoxy) is 2. The summed E-state index contributed by atoms with van der Waals surface area (Å²) < 4.78 is 16.0. The number of anilines is 1. The van der Waals surface area contributed by atoms with Crippen LogP contribution in [0.15, 0.2) is 41.0 Å². The van der Waals surface area contributed by atoms with Gasteiger partial charge in [0.05, 0.1) is 32.3 Å². The fourth-order valence-electron chi connectivity index (χ4n) is 3.41. The molecule has 0 bridgehead atoms. The van der Waals surface area contributed by atoms with E-state index in [1.54, 1.807) is 29.4 Å². The van der Waals surface area contributed by atoms with Crippen LogP contribution in [0.4, 0.5) is 5.69 Å². The van der Waals surface area contributed by atoms with Crippen LogP contribution in [0.2, 0.25) is 0 Å². The lowest BCUT2D eigenvalue weighted by molar-refractivity contribution is -0.117. The summed E-state index contributed by atoms with van der Waals surface area (Å²) in [5.41, 5.74) is 1.03. The van der Waals surface area contributed by atoms with Gasteiger partial charge in [0, 0.05) is 30.5 Å². The van der Waals surface area contributed by atoms with Crippen LogP contribution in [0.5, 0.6) is 5.75 Å². The molecule has 142 valence electrons. The average molecular weight is 370 g/mol. The first-order valence-electron chi connectivity index (χ1n) is 9.06. The second-order valence-corrected chi connectivity index (χ2v) is 6.77. The highest BCUT2D eigenvalue weighted by Crippen LogP contribution is 2.48. The Balaban J connectivity index is 1.48. The molecule has 2 aliphatic rings. The number of nitrogens with zero attached hydrogens (tertiary/aromatic N) is 1. The summed E-state index contributed by atoms with van der Waals surface area (Å²) in [4.78, 5) is 27.1. The van der Waals surface area contributed by atoms with E-state index in [9.17, 15) is 9.59 Å². The topological polar surface area (TPSA) is 81.0 Å². The number of hydrogen-bond acceptors (Lipinski definition) is 5. The quantitative estimate of drug-likeness (QED) is 0.875. The van der Waals surface area contributed by atoms with Crippen molar-refractivity contribution >= 4 is 17.5 Å². The largest absolute Gasteiger partial charge is 0.495 e. The number of nitrogens with one attached hydrogen (secondary N) is 1. The SMILES string of the molecule is COc1ccc(C(=O)N2CCOCC2)cc1NC(=O)[C@H]1C[C@H]1c1ccco1. The van der Waals surface area contributed by atoms with Gasteiger partial charge in [0.25, 0.3) is 5.91 Å². The maximum absolute atomic E-state index is 12.7. The van der Waals surface area contributed by atoms with Crippen molar-refractivity contribution in [1.29, 1.82) is 0 Å². The molecule has 27 heavy (non-hydrogen) atoms. The van der Waals surface area contributed by atoms with Crippen LogP contribution >= 0.6 is 0 Å². The van der Waals surface area contributed by atoms with Gasteiger partial charge in [-0.1, -0.05) is 0 Å². The highest BCUT2D eigenvalue weighted by atomic mass is 16.5. The molecule has 7 nitrogen and oxygen atoms in total. The molecule has 4 rings (SSSR count). The molecule has 0 unspecified atom stereocenters. The average Bonchev–Trinajstić information content (AvgIpc) is 3.33. The van der Waals surface area contributed by atoms with Crippen molar-refractivity contribution in [2.45, 2.75) is 12.3 Å². The molecule has 1 aromatic carbocycles. The van der Waals surface area contributed by atoms with Crippen LogP contribution in [0.3, 0.4) is 0 Å². The van der Waals surface area contributed by atoms with Crippen LogP contribution in [0.1, 0.15) is 28.5 Å². The Bertz CT molecular complexity index is 827. The molecule has 1 saturated heterocycles. The van der Waals surface area contributed by atoms with Crippen molar-refractivity contribution < 1.29 is 23.5 Å². The number of hydrogen-bond donors (Lipinski definition) is 1. The summed E-state index contributed by atoms with van der Waals surface area (Å²) in [6.07, 6.45) is 2.38. The standard InChI is InChI=1S/C20H22N2O5/c1-25-18-5-4-13(20(24)22-6-9-26-10-7-22)11-16(18)21-19(23)15-12-14(15)17-3-2-8-27-17/h2-5,8,11,14-15H,6-7,9-10,12H2,1H3,(H,21,23)/t14-,15+/m1/s1. The van der Waals surface area contributed by atoms with E-state index in [-0.39, 0.29) is 23.7 Å². The minimum atomic E-state index is -0.126. The maximum atomic E-state index is 12.7. The van der Waals surface area contributed by atoms with Crippen LogP contribution in [-0.2, 0) is 9.53 Å². The number of carbonyl (C=O) groups is 2. The van der Waals surface area contributed by atoms with Gasteiger partial charge in [0.1, 0.15) is 11.5 Å². The summed E-state index contributed by atoms with van der Waals surface area (Å²) in [6, 6.07) is 8.82. The lowest BCUT2D eigenvalue weighted by atomic mass is 10.1. The molecule has 1 aliphatic carbocycles. The molecular formula is C20H22N2O5. The molecule has 2 amide bonds. The molecule has 2 fully saturated rings. The summed E-state index contributed by atoms with van der Waals surface area (Å²) >= 11 is 0. The summed E-state index contributed by atoms with van der Waals surface area (Å²) in [5.74, 6) is 1.18. The van der Waals surface area contributed by atoms with Gasteiger partial charge in [-0.25, -0.2) is 0 Å². The van der Waals surface area contributed by atoms with Crippen molar-refractivity contribution in [3.05, 3.63) is 47.9 Å². The zero-order valence-corrected chi connectivity index (χ0v) is 15.1. The third-order valence-electron chi connectivity index (χ3n) is 5.04. The van der Waals surface area contributed by atoms with Crippen LogP contribution < -0.4 is 10.1 Å². The summed E-state index contributed by atoms with van der Waals surface area (Å²) in [5, 5.41) is 2.91. The maximum Gasteiger partial charge on any atom is 0.254 e. The van der Waals surface area contributed by atoms with E-state index in [2.05, 4.69) is 5.32 Å². The highest BCUT2D eigenvalue weighted by molar-refractivity contribution is 6.00. The third-order valence-corrected chi connectivity index (χ3v) is 5.04. The molecule has 1 aliphatic heterocycles. The molecule has 2 aromatic rings. The number of furan rings is 1. The Morgan fingerprint density at radius 3 is 2.74 bits per heavy atom. The predicted molar refractivity (Wildman–Crippen MR) is 97.9 cm³/mol. The van der Waals surface area contributed by atoms with Gasteiger partial charge < -0.3 is 24.1 Å². The predicted octanol–water partition coefficient (Wildman–Crippen LogP) is 2.50. The molecule has 2 atom stereocenters. The van der Waals surface area contributed by atoms with Crippen LogP contribution in [0, 0.1) is 5.92 Å². The molecule has 1 N–H and O–H groups in total. The highest BCUT2D eigenvalue weighted by Gasteiger charge is 2.46. The van der Waals surface area contributed by atoms with Gasteiger partial charge in [-0.05, 0) is 36.8 Å². The number of rotatable bonds is 5. The Kier molecular flexibility index (Phi) is 4.85. The van der Waals surface area contributed by atoms with E-state index in [1.165, 1.54) is 7.11 Å². The normalized spacial score (nSPS) is 21.6. The van der Waals surface area contributed by atoms with Crippen molar-refractivity contribution in [3.8, 4) is 5.75 Å². The number of benzene rings is 1. The molecule has 2 heterocycles. The van der Waals surface area contributed by atoms with E-state index in [1.807, 2.05) is 12.1 Å². The first-order valence-corrected chi connectivity index (χ1v) is 9.06. The van der Waals surface area contributed by atoms with Crippen molar-refractivity contribution in [3.63, 3.8) is 0 Å². The number of amides is 2. The van der Waals surface area contributed by atoms with Crippen molar-refractivity contribution in [1.82, 2.24) is 4.90 Å². The number of morpholine rings is 1. The van der Waals surface area contributed by atoms with Crippen LogP contribution in [0.25, 0.3) is 0 Å². The Labute approximate surface area is 157 Å². The fraction of sp³-hybridized carbons (Fsp3) is 0.400. The second kappa shape index (κ2) is 7.44. The van der Waals surface area contributed by atoms with Gasteiger partial charge >= 0.3 is 0 Å². The van der Waals surface area contributed by atoms with E-state index in [0.717, 1.165) is 12.2 Å². The Hall–Kier alpha value is -2.80.